The number of alkyl halides is 3. The van der Waals surface area contributed by atoms with Crippen LogP contribution in [-0.4, -0.2) is 50.8 Å². The summed E-state index contributed by atoms with van der Waals surface area (Å²) >= 11 is 0. The lowest BCUT2D eigenvalue weighted by Gasteiger charge is -2.29. The molecule has 2 rings (SSSR count). The van der Waals surface area contributed by atoms with Gasteiger partial charge in [-0.15, -0.1) is 0 Å². The van der Waals surface area contributed by atoms with E-state index in [2.05, 4.69) is 0 Å². The number of carbonyl (C=O) groups excluding carboxylic acids is 1. The van der Waals surface area contributed by atoms with Crippen LogP contribution in [-0.2, 0) is 20.4 Å². The van der Waals surface area contributed by atoms with Gasteiger partial charge >= 0.3 is 12.1 Å². The maximum Gasteiger partial charge on any atom is 0.416 e. The molecular weight excluding hydrogens is 299 g/mol. The first-order chi connectivity index (χ1) is 10.4. The van der Waals surface area contributed by atoms with Crippen molar-refractivity contribution in [2.75, 3.05) is 40.0 Å². The van der Waals surface area contributed by atoms with E-state index in [9.17, 15) is 18.0 Å². The molecule has 0 spiro atoms. The minimum Gasteiger partial charge on any atom is -0.469 e. The van der Waals surface area contributed by atoms with Crippen LogP contribution < -0.4 is 0 Å². The van der Waals surface area contributed by atoms with Gasteiger partial charge in [0.2, 0.25) is 0 Å². The number of morpholine rings is 1. The van der Waals surface area contributed by atoms with Crippen molar-refractivity contribution < 1.29 is 27.4 Å². The Bertz CT molecular complexity index is 496. The van der Waals surface area contributed by atoms with Crippen LogP contribution in [0.5, 0.6) is 0 Å². The zero-order valence-electron chi connectivity index (χ0n) is 12.2. The average Bonchev–Trinajstić information content (AvgIpc) is 2.52. The Morgan fingerprint density at radius 3 is 2.36 bits per heavy atom. The van der Waals surface area contributed by atoms with Crippen molar-refractivity contribution in [1.82, 2.24) is 4.90 Å². The van der Waals surface area contributed by atoms with Gasteiger partial charge < -0.3 is 9.47 Å². The Balaban J connectivity index is 2.16. The van der Waals surface area contributed by atoms with E-state index in [1.807, 2.05) is 4.90 Å². The van der Waals surface area contributed by atoms with Crippen LogP contribution in [0.2, 0.25) is 0 Å². The van der Waals surface area contributed by atoms with Crippen LogP contribution in [0.25, 0.3) is 0 Å². The molecule has 1 aromatic rings. The number of esters is 1. The third kappa shape index (κ3) is 4.20. The Morgan fingerprint density at radius 2 is 1.86 bits per heavy atom. The van der Waals surface area contributed by atoms with Gasteiger partial charge in [-0.25, -0.2) is 0 Å². The van der Waals surface area contributed by atoms with Crippen molar-refractivity contribution in [2.45, 2.75) is 12.1 Å². The van der Waals surface area contributed by atoms with Crippen molar-refractivity contribution in [2.24, 2.45) is 0 Å². The summed E-state index contributed by atoms with van der Waals surface area (Å²) in [5.41, 5.74) is -0.211. The second kappa shape index (κ2) is 7.11. The van der Waals surface area contributed by atoms with Gasteiger partial charge in [-0.2, -0.15) is 13.2 Å². The normalized spacial score (nSPS) is 18.0. The van der Waals surface area contributed by atoms with Crippen molar-refractivity contribution in [1.29, 1.82) is 0 Å². The van der Waals surface area contributed by atoms with Crippen LogP contribution in [0.15, 0.2) is 24.3 Å². The van der Waals surface area contributed by atoms with Gasteiger partial charge in [0.25, 0.3) is 0 Å². The summed E-state index contributed by atoms with van der Waals surface area (Å²) in [5, 5.41) is 0. The molecule has 0 radical (unpaired) electrons. The van der Waals surface area contributed by atoms with Gasteiger partial charge in [0.05, 0.1) is 31.8 Å². The minimum atomic E-state index is -4.39. The molecular formula is C15H18F3NO3. The Kier molecular flexibility index (Phi) is 5.42. The fourth-order valence-electron chi connectivity index (χ4n) is 2.40. The number of halogens is 3. The Hall–Kier alpha value is -1.60. The average molecular weight is 317 g/mol. The van der Waals surface area contributed by atoms with Gasteiger partial charge in [0, 0.05) is 19.6 Å². The molecule has 0 bridgehead atoms. The molecule has 0 aliphatic carbocycles. The van der Waals surface area contributed by atoms with Crippen molar-refractivity contribution >= 4 is 5.97 Å². The molecule has 22 heavy (non-hydrogen) atoms. The summed E-state index contributed by atoms with van der Waals surface area (Å²) in [4.78, 5) is 14.0. The molecule has 0 aromatic heterocycles. The number of carbonyl (C=O) groups is 1. The molecule has 122 valence electrons. The SMILES string of the molecule is COC(=O)C(CN1CCOCC1)c1ccc(C(F)(F)F)cc1. The fraction of sp³-hybridized carbons (Fsp3) is 0.533. The van der Waals surface area contributed by atoms with Gasteiger partial charge in [-0.05, 0) is 17.7 Å². The lowest BCUT2D eigenvalue weighted by Crippen LogP contribution is -2.40. The van der Waals surface area contributed by atoms with Gasteiger partial charge in [-0.3, -0.25) is 9.69 Å². The number of rotatable bonds is 4. The minimum absolute atomic E-state index is 0.404. The zero-order valence-corrected chi connectivity index (χ0v) is 12.2. The van der Waals surface area contributed by atoms with Gasteiger partial charge in [-0.1, -0.05) is 12.1 Å². The van der Waals surface area contributed by atoms with Crippen molar-refractivity contribution in [3.8, 4) is 0 Å². The number of ether oxygens (including phenoxy) is 2. The van der Waals surface area contributed by atoms with Crippen LogP contribution in [0.3, 0.4) is 0 Å². The van der Waals surface area contributed by atoms with Gasteiger partial charge in [0.1, 0.15) is 0 Å². The fourth-order valence-corrected chi connectivity index (χ4v) is 2.40. The number of hydrogen-bond donors (Lipinski definition) is 0. The number of benzene rings is 1. The lowest BCUT2D eigenvalue weighted by molar-refractivity contribution is -0.143. The molecule has 0 saturated carbocycles. The summed E-state index contributed by atoms with van der Waals surface area (Å²) < 4.78 is 47.8. The standard InChI is InChI=1S/C15H18F3NO3/c1-21-14(20)13(10-19-6-8-22-9-7-19)11-2-4-12(5-3-11)15(16,17)18/h2-5,13H,6-10H2,1H3. The summed E-state index contributed by atoms with van der Waals surface area (Å²) in [6.07, 6.45) is -4.39. The molecule has 1 saturated heterocycles. The molecule has 1 aliphatic rings. The molecule has 0 N–H and O–H groups in total. The molecule has 1 unspecified atom stereocenters. The molecule has 4 nitrogen and oxygen atoms in total. The summed E-state index contributed by atoms with van der Waals surface area (Å²) in [6, 6.07) is 4.66. The van der Waals surface area contributed by atoms with Crippen molar-refractivity contribution in [3.05, 3.63) is 35.4 Å². The zero-order chi connectivity index (χ0) is 16.2. The van der Waals surface area contributed by atoms with Crippen LogP contribution in [0, 0.1) is 0 Å². The second-order valence-corrected chi connectivity index (χ2v) is 5.11. The first-order valence-electron chi connectivity index (χ1n) is 6.97. The molecule has 1 fully saturated rings. The summed E-state index contributed by atoms with van der Waals surface area (Å²) in [5.74, 6) is -1.06. The Labute approximate surface area is 126 Å². The smallest absolute Gasteiger partial charge is 0.416 e. The van der Waals surface area contributed by atoms with Crippen LogP contribution in [0.1, 0.15) is 17.0 Å². The van der Waals surface area contributed by atoms with E-state index in [-0.39, 0.29) is 0 Å². The number of methoxy groups -OCH3 is 1. The quantitative estimate of drug-likeness (QED) is 0.799. The predicted molar refractivity (Wildman–Crippen MR) is 73.5 cm³/mol. The number of hydrogen-bond acceptors (Lipinski definition) is 4. The van der Waals surface area contributed by atoms with E-state index < -0.39 is 23.6 Å². The molecule has 1 aliphatic heterocycles. The van der Waals surface area contributed by atoms with Crippen LogP contribution >= 0.6 is 0 Å². The van der Waals surface area contributed by atoms with Crippen molar-refractivity contribution in [3.63, 3.8) is 0 Å². The lowest BCUT2D eigenvalue weighted by atomic mass is 9.97. The van der Waals surface area contributed by atoms with E-state index in [4.69, 9.17) is 9.47 Å². The summed E-state index contributed by atoms with van der Waals surface area (Å²) in [6.45, 7) is 2.95. The Morgan fingerprint density at radius 1 is 1.27 bits per heavy atom. The number of nitrogens with zero attached hydrogens (tertiary/aromatic N) is 1. The highest BCUT2D eigenvalue weighted by atomic mass is 19.4. The molecule has 1 aromatic carbocycles. The van der Waals surface area contributed by atoms with Gasteiger partial charge in [0.15, 0.2) is 0 Å². The highest BCUT2D eigenvalue weighted by molar-refractivity contribution is 5.78. The molecule has 1 atom stereocenters. The van der Waals surface area contributed by atoms with E-state index in [1.165, 1.54) is 19.2 Å². The van der Waals surface area contributed by atoms with E-state index in [0.717, 1.165) is 12.1 Å². The second-order valence-electron chi connectivity index (χ2n) is 5.11. The predicted octanol–water partition coefficient (Wildman–Crippen LogP) is 2.29. The van der Waals surface area contributed by atoms with E-state index in [0.29, 0.717) is 38.4 Å². The highest BCUT2D eigenvalue weighted by Crippen LogP contribution is 2.30. The van der Waals surface area contributed by atoms with E-state index >= 15 is 0 Å². The monoisotopic (exact) mass is 317 g/mol. The van der Waals surface area contributed by atoms with Crippen LogP contribution in [0.4, 0.5) is 13.2 Å². The molecule has 1 heterocycles. The maximum absolute atomic E-state index is 12.6. The highest BCUT2D eigenvalue weighted by Gasteiger charge is 2.31. The maximum atomic E-state index is 12.6. The van der Waals surface area contributed by atoms with E-state index in [1.54, 1.807) is 0 Å². The summed E-state index contributed by atoms with van der Waals surface area (Å²) in [7, 11) is 1.28. The third-order valence-electron chi connectivity index (χ3n) is 3.67. The third-order valence-corrected chi connectivity index (χ3v) is 3.67. The first kappa shape index (κ1) is 16.8. The molecule has 0 amide bonds. The topological polar surface area (TPSA) is 38.8 Å². The first-order valence-corrected chi connectivity index (χ1v) is 6.97. The molecule has 7 heteroatoms. The largest absolute Gasteiger partial charge is 0.469 e.